The number of nitrogens with zero attached hydrogens (tertiary/aromatic N) is 4. The number of benzene rings is 7. The van der Waals surface area contributed by atoms with E-state index in [0.717, 1.165) is 54.3 Å². The monoisotopic (exact) mass is 1920 g/mol. The summed E-state index contributed by atoms with van der Waals surface area (Å²) in [5.41, 5.74) is 28.7. The average Bonchev–Trinajstić information content (AvgIpc) is 1.73. The van der Waals surface area contributed by atoms with Crippen LogP contribution in [0.1, 0.15) is 561 Å². The molecule has 0 bridgehead atoms. The first kappa shape index (κ1) is 141. The van der Waals surface area contributed by atoms with Crippen molar-refractivity contribution in [2.45, 2.75) is 495 Å². The smallest absolute Gasteiger partial charge is 0.131 e. The van der Waals surface area contributed by atoms with E-state index in [1.807, 2.05) is 24.5 Å². The van der Waals surface area contributed by atoms with Crippen LogP contribution in [0.3, 0.4) is 0 Å². The SMILES string of the molecule is C.C.C.C.C.C.C.C.C.CC(C)C1CCCCC1(C)C.CC(C)C1CCCCC1C.CC(C)c1ccccc1C(C)C.CC(C)c1ccccc1C1CC1.CC(C)c1ccccc1C1CC1.CC(C)c1ccccc1N1CCCC1.CC(C)c1cccnc1C(C)C.CC(C)c1cccnc1N1CCCC1.CCc1cccc(CC)c1C(C)C.Cc1cccc(C)c1C(C)C.Cc1ccccc1C(C)C. The molecule has 4 heteroatoms. The molecular formula is C136H232N4. The Hall–Kier alpha value is -7.56. The van der Waals surface area contributed by atoms with Gasteiger partial charge in [-0.25, -0.2) is 4.98 Å². The van der Waals surface area contributed by atoms with Crippen molar-refractivity contribution in [3.05, 3.63) is 295 Å². The molecule has 4 heterocycles. The summed E-state index contributed by atoms with van der Waals surface area (Å²) in [7, 11) is 0. The lowest BCUT2D eigenvalue weighted by molar-refractivity contribution is 0.0958. The molecule has 6 fully saturated rings. The molecule has 2 aromatic heterocycles. The fourth-order valence-electron chi connectivity index (χ4n) is 20.9. The zero-order valence-electron chi connectivity index (χ0n) is 90.7. The normalized spacial score (nSPS) is 15.6. The molecule has 6 aliphatic rings. The number of hydrogen-bond acceptors (Lipinski definition) is 4. The molecule has 0 radical (unpaired) electrons. The predicted octanol–water partition coefficient (Wildman–Crippen LogP) is 44.4. The second kappa shape index (κ2) is 73.5. The van der Waals surface area contributed by atoms with Crippen molar-refractivity contribution >= 4 is 11.5 Å². The molecule has 2 aliphatic heterocycles. The fourth-order valence-corrected chi connectivity index (χ4v) is 20.9. The van der Waals surface area contributed by atoms with Gasteiger partial charge in [0.05, 0.1) is 0 Å². The molecule has 140 heavy (non-hydrogen) atoms. The van der Waals surface area contributed by atoms with E-state index in [9.17, 15) is 0 Å². The Morgan fingerprint density at radius 1 is 0.293 bits per heavy atom. The summed E-state index contributed by atoms with van der Waals surface area (Å²) in [4.78, 5) is 13.8. The van der Waals surface area contributed by atoms with Crippen molar-refractivity contribution < 1.29 is 0 Å². The number of anilines is 2. The number of rotatable bonds is 19. The summed E-state index contributed by atoms with van der Waals surface area (Å²) in [5.74, 6) is 14.7. The summed E-state index contributed by atoms with van der Waals surface area (Å²) in [5, 5.41) is 0. The maximum absolute atomic E-state index is 4.51. The predicted molar refractivity (Wildman–Crippen MR) is 645 cm³/mol. The first-order valence-corrected chi connectivity index (χ1v) is 53.2. The Bertz CT molecular complexity index is 4150. The molecule has 2 saturated heterocycles. The molecule has 4 nitrogen and oxygen atoms in total. The largest absolute Gasteiger partial charge is 0.371 e. The van der Waals surface area contributed by atoms with Crippen LogP contribution >= 0.6 is 0 Å². The molecule has 9 aromatic rings. The van der Waals surface area contributed by atoms with Crippen LogP contribution in [0.25, 0.3) is 0 Å². The molecule has 4 saturated carbocycles. The third kappa shape index (κ3) is 47.5. The van der Waals surface area contributed by atoms with Gasteiger partial charge in [0.1, 0.15) is 5.82 Å². The Morgan fingerprint density at radius 2 is 0.636 bits per heavy atom. The van der Waals surface area contributed by atoms with Gasteiger partial charge in [0.2, 0.25) is 0 Å². The highest BCUT2D eigenvalue weighted by Crippen LogP contribution is 2.46. The minimum absolute atomic E-state index is 0. The van der Waals surface area contributed by atoms with Crippen molar-refractivity contribution in [3.8, 4) is 0 Å². The second-order valence-electron chi connectivity index (χ2n) is 44.1. The van der Waals surface area contributed by atoms with Gasteiger partial charge >= 0.3 is 0 Å². The molecular weight excluding hydrogens is 1690 g/mol. The molecule has 4 aliphatic carbocycles. The molecule has 0 N–H and O–H groups in total. The van der Waals surface area contributed by atoms with Gasteiger partial charge in [-0.1, -0.05) is 477 Å². The van der Waals surface area contributed by atoms with E-state index in [1.165, 1.54) is 213 Å². The van der Waals surface area contributed by atoms with Crippen LogP contribution in [0.2, 0.25) is 0 Å². The van der Waals surface area contributed by atoms with Crippen LogP contribution < -0.4 is 9.80 Å². The zero-order chi connectivity index (χ0) is 97.2. The molecule has 0 spiro atoms. The number of pyridine rings is 2. The number of para-hydroxylation sites is 1. The molecule has 796 valence electrons. The van der Waals surface area contributed by atoms with E-state index in [2.05, 4.69) is 425 Å². The van der Waals surface area contributed by atoms with Crippen LogP contribution in [0, 0.1) is 55.8 Å². The van der Waals surface area contributed by atoms with Gasteiger partial charge < -0.3 is 9.80 Å². The third-order valence-corrected chi connectivity index (χ3v) is 28.4. The van der Waals surface area contributed by atoms with Crippen molar-refractivity contribution in [1.29, 1.82) is 0 Å². The van der Waals surface area contributed by atoms with E-state index in [0.29, 0.717) is 70.5 Å². The van der Waals surface area contributed by atoms with Crippen LogP contribution in [0.5, 0.6) is 0 Å². The maximum atomic E-state index is 4.51. The van der Waals surface area contributed by atoms with Crippen LogP contribution in [0.15, 0.2) is 194 Å². The standard InChI is InChI=1S/C13H19N.C13H20.C12H18N2.2C12H16.C12H18.C11H17N.C11H22.C11H16.C10H20.C10H14.9CH4/c1-11(2)12-7-3-4-8-13(12)14-9-5-6-10-14;1-5-11-8-7-9-12(6-2)13(11)10(3)4;1-10(2)11-6-5-7-13-12(11)14-8-3-4-9-14;2*1-9(2)11-5-3-4-6-12(11)10-7-8-10;1-9(2)11-7-5-6-8-12(11)10(3)4;1-8(2)10-6-5-7-12-11(10)9(3)4;1-9(2)10-7-5-6-8-11(10,3)4;1-8(2)11-9(3)6-5-7-10(11)4;2*1-8(2)10-7-5-4-6-9(10)3;;;;;;;;;/h3-4,7-8,11H,5-6,9-10H2,1-2H3;7-10H,5-6H2,1-4H3;5-7,10H,3-4,8-9H2,1-2H3;2*3-6,9-10H,7-8H2,1-2H3;5-10H,1-4H3;5-9H,1-4H3;9-10H,5-8H2,1-4H3;5-8H,1-4H3;8-10H,4-7H2,1-3H3;4-8H,1-3H3;9*1H4. The van der Waals surface area contributed by atoms with Gasteiger partial charge in [0.25, 0.3) is 0 Å². The number of hydrogen-bond donors (Lipinski definition) is 0. The summed E-state index contributed by atoms with van der Waals surface area (Å²) in [6, 6.07) is 65.5. The summed E-state index contributed by atoms with van der Waals surface area (Å²) < 4.78 is 0. The summed E-state index contributed by atoms with van der Waals surface area (Å²) in [6.07, 6.45) is 28.8. The minimum atomic E-state index is 0. The lowest BCUT2D eigenvalue weighted by Crippen LogP contribution is -2.31. The maximum Gasteiger partial charge on any atom is 0.131 e. The van der Waals surface area contributed by atoms with Crippen molar-refractivity contribution in [2.75, 3.05) is 36.0 Å². The summed E-state index contributed by atoms with van der Waals surface area (Å²) >= 11 is 0. The van der Waals surface area contributed by atoms with E-state index in [1.54, 1.807) is 27.8 Å². The first-order chi connectivity index (χ1) is 62.2. The van der Waals surface area contributed by atoms with Gasteiger partial charge in [0, 0.05) is 50.0 Å². The lowest BCUT2D eigenvalue weighted by atomic mass is 9.65. The van der Waals surface area contributed by atoms with Gasteiger partial charge in [-0.05, 0) is 329 Å². The van der Waals surface area contributed by atoms with E-state index in [-0.39, 0.29) is 66.8 Å². The highest BCUT2D eigenvalue weighted by atomic mass is 15.2. The molecule has 3 unspecified atom stereocenters. The molecule has 15 rings (SSSR count). The molecule has 3 atom stereocenters. The van der Waals surface area contributed by atoms with Gasteiger partial charge in [-0.2, -0.15) is 0 Å². The quantitative estimate of drug-likeness (QED) is 0.0808. The number of aromatic nitrogens is 2. The minimum Gasteiger partial charge on any atom is -0.371 e. The second-order valence-corrected chi connectivity index (χ2v) is 44.1. The molecule has 7 aromatic carbocycles. The van der Waals surface area contributed by atoms with Gasteiger partial charge in [-0.3, -0.25) is 4.98 Å². The zero-order valence-corrected chi connectivity index (χ0v) is 90.7. The van der Waals surface area contributed by atoms with Gasteiger partial charge in [0.15, 0.2) is 0 Å². The Kier molecular flexibility index (Phi) is 74.0. The van der Waals surface area contributed by atoms with E-state index < -0.39 is 0 Å². The lowest BCUT2D eigenvalue weighted by Gasteiger charge is -2.41. The highest BCUT2D eigenvalue weighted by Gasteiger charge is 2.34. The average molecular weight is 1920 g/mol. The van der Waals surface area contributed by atoms with Crippen molar-refractivity contribution in [3.63, 3.8) is 0 Å². The van der Waals surface area contributed by atoms with Gasteiger partial charge in [-0.15, -0.1) is 0 Å². The van der Waals surface area contributed by atoms with Crippen LogP contribution in [0.4, 0.5) is 11.5 Å². The fraction of sp³-hybridized carbons (Fsp3) is 0.618. The molecule has 0 amide bonds. The van der Waals surface area contributed by atoms with E-state index >= 15 is 0 Å². The van der Waals surface area contributed by atoms with Crippen molar-refractivity contribution in [1.82, 2.24) is 9.97 Å². The Balaban J connectivity index is -0.000000475. The topological polar surface area (TPSA) is 32.3 Å². The van der Waals surface area contributed by atoms with E-state index in [4.69, 9.17) is 0 Å². The first-order valence-electron chi connectivity index (χ1n) is 53.2. The summed E-state index contributed by atoms with van der Waals surface area (Å²) in [6.45, 7) is 82.1. The Labute approximate surface area is 876 Å². The van der Waals surface area contributed by atoms with Crippen LogP contribution in [-0.2, 0) is 12.8 Å². The van der Waals surface area contributed by atoms with Crippen molar-refractivity contribution in [2.24, 2.45) is 35.0 Å². The number of aryl methyl sites for hydroxylation is 5. The highest BCUT2D eigenvalue weighted by molar-refractivity contribution is 5.56. The van der Waals surface area contributed by atoms with Crippen LogP contribution in [-0.4, -0.2) is 36.1 Å². The Morgan fingerprint density at radius 3 is 0.971 bits per heavy atom. The third-order valence-electron chi connectivity index (χ3n) is 28.4.